The molecule has 1 aromatic carbocycles. The van der Waals surface area contributed by atoms with E-state index in [2.05, 4.69) is 5.48 Å². The molecule has 0 heterocycles. The Hall–Kier alpha value is -1.39. The van der Waals surface area contributed by atoms with Gasteiger partial charge in [-0.05, 0) is 11.1 Å². The van der Waals surface area contributed by atoms with Crippen molar-refractivity contribution in [3.63, 3.8) is 0 Å². The van der Waals surface area contributed by atoms with Gasteiger partial charge in [-0.1, -0.05) is 24.3 Å². The number of carboxylic acid groups (broad SMARTS) is 1. The lowest BCUT2D eigenvalue weighted by Crippen LogP contribution is -2.10. The molecule has 2 N–H and O–H groups in total. The third-order valence-corrected chi connectivity index (χ3v) is 1.80. The van der Waals surface area contributed by atoms with Gasteiger partial charge in [-0.25, -0.2) is 0 Å². The van der Waals surface area contributed by atoms with Crippen molar-refractivity contribution in [2.45, 2.75) is 13.0 Å². The monoisotopic (exact) mass is 195 g/mol. The topological polar surface area (TPSA) is 58.6 Å². The number of hydroxylamine groups is 1. The molecule has 0 unspecified atom stereocenters. The van der Waals surface area contributed by atoms with Crippen molar-refractivity contribution in [3.8, 4) is 0 Å². The van der Waals surface area contributed by atoms with Crippen LogP contribution >= 0.6 is 0 Å². The molecule has 0 bridgehead atoms. The summed E-state index contributed by atoms with van der Waals surface area (Å²) in [5.41, 5.74) is 4.57. The molecule has 0 aliphatic carbocycles. The summed E-state index contributed by atoms with van der Waals surface area (Å²) in [5, 5.41) is 8.55. The van der Waals surface area contributed by atoms with Gasteiger partial charge in [-0.3, -0.25) is 4.79 Å². The summed E-state index contributed by atoms with van der Waals surface area (Å²) in [4.78, 5) is 15.1. The predicted molar refractivity (Wildman–Crippen MR) is 51.6 cm³/mol. The van der Waals surface area contributed by atoms with Crippen LogP contribution in [0.4, 0.5) is 0 Å². The van der Waals surface area contributed by atoms with Gasteiger partial charge in [0.1, 0.15) is 0 Å². The van der Waals surface area contributed by atoms with Crippen LogP contribution < -0.4 is 5.48 Å². The standard InChI is InChI=1S/C10H13NO3/c1-14-11-7-9-4-2-8(3-5-9)6-10(12)13/h2-5,11H,6-7H2,1H3,(H,12,13). The van der Waals surface area contributed by atoms with E-state index in [0.29, 0.717) is 6.54 Å². The molecule has 0 fully saturated rings. The van der Waals surface area contributed by atoms with Crippen LogP contribution in [-0.4, -0.2) is 18.2 Å². The first-order valence-corrected chi connectivity index (χ1v) is 4.28. The van der Waals surface area contributed by atoms with Crippen LogP contribution in [0.5, 0.6) is 0 Å². The first-order valence-electron chi connectivity index (χ1n) is 4.28. The molecule has 0 saturated carbocycles. The minimum atomic E-state index is -0.812. The fourth-order valence-corrected chi connectivity index (χ4v) is 1.11. The summed E-state index contributed by atoms with van der Waals surface area (Å²) >= 11 is 0. The smallest absolute Gasteiger partial charge is 0.307 e. The number of aliphatic carboxylic acids is 1. The Morgan fingerprint density at radius 3 is 2.43 bits per heavy atom. The molecular formula is C10H13NO3. The number of benzene rings is 1. The van der Waals surface area contributed by atoms with Gasteiger partial charge in [0.25, 0.3) is 0 Å². The number of carboxylic acids is 1. The van der Waals surface area contributed by atoms with Crippen molar-refractivity contribution in [1.29, 1.82) is 0 Å². The van der Waals surface area contributed by atoms with Crippen molar-refractivity contribution in [2.75, 3.05) is 7.11 Å². The molecule has 0 spiro atoms. The molecule has 4 heteroatoms. The van der Waals surface area contributed by atoms with Crippen molar-refractivity contribution >= 4 is 5.97 Å². The number of hydrogen-bond donors (Lipinski definition) is 2. The molecule has 4 nitrogen and oxygen atoms in total. The lowest BCUT2D eigenvalue weighted by Gasteiger charge is -2.02. The number of nitrogens with one attached hydrogen (secondary N) is 1. The molecule has 0 atom stereocenters. The molecule has 0 amide bonds. The maximum Gasteiger partial charge on any atom is 0.307 e. The second-order valence-corrected chi connectivity index (χ2v) is 2.91. The maximum absolute atomic E-state index is 10.4. The van der Waals surface area contributed by atoms with Gasteiger partial charge in [0.2, 0.25) is 0 Å². The third kappa shape index (κ3) is 3.55. The Morgan fingerprint density at radius 2 is 1.93 bits per heavy atom. The zero-order valence-electron chi connectivity index (χ0n) is 7.99. The largest absolute Gasteiger partial charge is 0.481 e. The van der Waals surface area contributed by atoms with E-state index in [9.17, 15) is 4.79 Å². The zero-order chi connectivity index (χ0) is 10.4. The molecule has 0 radical (unpaired) electrons. The summed E-state index contributed by atoms with van der Waals surface area (Å²) in [6.07, 6.45) is 0.0674. The Bertz CT molecular complexity index is 295. The van der Waals surface area contributed by atoms with E-state index in [0.717, 1.165) is 11.1 Å². The first-order chi connectivity index (χ1) is 6.72. The van der Waals surface area contributed by atoms with E-state index < -0.39 is 5.97 Å². The van der Waals surface area contributed by atoms with Gasteiger partial charge >= 0.3 is 5.97 Å². The van der Waals surface area contributed by atoms with Crippen LogP contribution in [0.3, 0.4) is 0 Å². The molecule has 0 aromatic heterocycles. The number of rotatable bonds is 5. The van der Waals surface area contributed by atoms with Crippen LogP contribution in [0.15, 0.2) is 24.3 Å². The van der Waals surface area contributed by atoms with Crippen molar-refractivity contribution in [1.82, 2.24) is 5.48 Å². The minimum Gasteiger partial charge on any atom is -0.481 e. The Labute approximate surface area is 82.5 Å². The van der Waals surface area contributed by atoms with E-state index in [4.69, 9.17) is 9.94 Å². The van der Waals surface area contributed by atoms with Crippen LogP contribution in [-0.2, 0) is 22.6 Å². The fraction of sp³-hybridized carbons (Fsp3) is 0.300. The van der Waals surface area contributed by atoms with Gasteiger partial charge < -0.3 is 9.94 Å². The second kappa shape index (κ2) is 5.36. The molecule has 76 valence electrons. The van der Waals surface area contributed by atoms with Gasteiger partial charge in [0, 0.05) is 6.54 Å². The van der Waals surface area contributed by atoms with E-state index >= 15 is 0 Å². The van der Waals surface area contributed by atoms with E-state index in [1.807, 2.05) is 12.1 Å². The SMILES string of the molecule is CONCc1ccc(CC(=O)O)cc1. The van der Waals surface area contributed by atoms with Gasteiger partial charge in [0.05, 0.1) is 13.5 Å². The summed E-state index contributed by atoms with van der Waals surface area (Å²) in [5.74, 6) is -0.812. The normalized spacial score (nSPS) is 10.1. The maximum atomic E-state index is 10.4. The Balaban J connectivity index is 2.54. The highest BCUT2D eigenvalue weighted by Gasteiger charge is 1.99. The van der Waals surface area contributed by atoms with E-state index in [1.165, 1.54) is 0 Å². The molecular weight excluding hydrogens is 182 g/mol. The van der Waals surface area contributed by atoms with Crippen molar-refractivity contribution in [2.24, 2.45) is 0 Å². The lowest BCUT2D eigenvalue weighted by atomic mass is 10.1. The van der Waals surface area contributed by atoms with Gasteiger partial charge in [-0.15, -0.1) is 0 Å². The molecule has 0 aliphatic rings. The minimum absolute atomic E-state index is 0.0674. The molecule has 0 aliphatic heterocycles. The van der Waals surface area contributed by atoms with Crippen LogP contribution in [0.1, 0.15) is 11.1 Å². The van der Waals surface area contributed by atoms with E-state index in [1.54, 1.807) is 19.2 Å². The molecule has 14 heavy (non-hydrogen) atoms. The van der Waals surface area contributed by atoms with Gasteiger partial charge in [0.15, 0.2) is 0 Å². The average Bonchev–Trinajstić information content (AvgIpc) is 2.16. The van der Waals surface area contributed by atoms with Crippen LogP contribution in [0.2, 0.25) is 0 Å². The van der Waals surface area contributed by atoms with Crippen molar-refractivity contribution in [3.05, 3.63) is 35.4 Å². The second-order valence-electron chi connectivity index (χ2n) is 2.91. The molecule has 0 saturated heterocycles. The summed E-state index contributed by atoms with van der Waals surface area (Å²) in [6.45, 7) is 0.615. The first kappa shape index (κ1) is 10.7. The quantitative estimate of drug-likeness (QED) is 0.687. The highest BCUT2D eigenvalue weighted by atomic mass is 16.6. The lowest BCUT2D eigenvalue weighted by molar-refractivity contribution is -0.136. The highest BCUT2D eigenvalue weighted by Crippen LogP contribution is 2.04. The van der Waals surface area contributed by atoms with E-state index in [-0.39, 0.29) is 6.42 Å². The zero-order valence-corrected chi connectivity index (χ0v) is 7.99. The Kier molecular flexibility index (Phi) is 4.10. The number of carbonyl (C=O) groups is 1. The third-order valence-electron chi connectivity index (χ3n) is 1.80. The number of hydrogen-bond acceptors (Lipinski definition) is 3. The predicted octanol–water partition coefficient (Wildman–Crippen LogP) is 0.965. The van der Waals surface area contributed by atoms with Crippen LogP contribution in [0.25, 0.3) is 0 Å². The summed E-state index contributed by atoms with van der Waals surface area (Å²) in [7, 11) is 1.55. The summed E-state index contributed by atoms with van der Waals surface area (Å²) < 4.78 is 0. The summed E-state index contributed by atoms with van der Waals surface area (Å²) in [6, 6.07) is 7.37. The molecule has 1 rings (SSSR count). The van der Waals surface area contributed by atoms with Crippen LogP contribution in [0, 0.1) is 0 Å². The molecule has 1 aromatic rings. The fourth-order valence-electron chi connectivity index (χ4n) is 1.11. The highest BCUT2D eigenvalue weighted by molar-refractivity contribution is 5.70. The van der Waals surface area contributed by atoms with Crippen molar-refractivity contribution < 1.29 is 14.7 Å². The average molecular weight is 195 g/mol. The Morgan fingerprint density at radius 1 is 1.36 bits per heavy atom. The van der Waals surface area contributed by atoms with Gasteiger partial charge in [-0.2, -0.15) is 5.48 Å².